The first-order chi connectivity index (χ1) is 16.6. The van der Waals surface area contributed by atoms with Gasteiger partial charge in [0.15, 0.2) is 0 Å². The summed E-state index contributed by atoms with van der Waals surface area (Å²) in [6.45, 7) is 4.88. The number of aryl methyl sites for hydroxylation is 1. The fourth-order valence-electron chi connectivity index (χ4n) is 4.80. The van der Waals surface area contributed by atoms with Gasteiger partial charge >= 0.3 is 12.1 Å². The van der Waals surface area contributed by atoms with Crippen LogP contribution in [-0.4, -0.2) is 48.0 Å². The maximum atomic E-state index is 14.4. The molecule has 7 nitrogen and oxygen atoms in total. The van der Waals surface area contributed by atoms with E-state index in [-0.39, 0.29) is 28.5 Å². The number of amides is 1. The van der Waals surface area contributed by atoms with Crippen LogP contribution in [0.3, 0.4) is 0 Å². The molecule has 0 bridgehead atoms. The third kappa shape index (κ3) is 4.91. The number of rotatable bonds is 5. The van der Waals surface area contributed by atoms with E-state index in [0.29, 0.717) is 63.3 Å². The molecule has 0 radical (unpaired) electrons. The molecule has 11 heteroatoms. The number of aromatic nitrogens is 2. The molecule has 1 N–H and O–H groups in total. The van der Waals surface area contributed by atoms with Gasteiger partial charge in [0.25, 0.3) is 5.91 Å². The number of nitrogens with zero attached hydrogens (tertiary/aromatic N) is 2. The van der Waals surface area contributed by atoms with Crippen LogP contribution < -0.4 is 5.32 Å². The summed E-state index contributed by atoms with van der Waals surface area (Å²) in [5.74, 6) is -1.49. The Hall–Kier alpha value is -2.59. The Morgan fingerprint density at radius 3 is 2.63 bits per heavy atom. The minimum atomic E-state index is -4.91. The van der Waals surface area contributed by atoms with E-state index in [4.69, 9.17) is 21.1 Å². The maximum Gasteiger partial charge on any atom is 0.419 e. The van der Waals surface area contributed by atoms with Crippen molar-refractivity contribution in [2.45, 2.75) is 52.1 Å². The Labute approximate surface area is 205 Å². The molecule has 0 atom stereocenters. The van der Waals surface area contributed by atoms with Crippen molar-refractivity contribution in [2.24, 2.45) is 5.41 Å². The molecule has 0 aliphatic carbocycles. The second-order valence-electron chi connectivity index (χ2n) is 8.99. The standard InChI is InChI=1S/C24H27ClF3N3O4/c1-3-7-35-22(33)15-10-14(25)11-17(20(15)24(26,27)28)31-18-12-23(5-8-34-9-6-23)13-29-21(32)19(18)16(4-2)30-31/h10-11H,3-9,12-13H2,1-2H3,(H,29,32). The zero-order valence-electron chi connectivity index (χ0n) is 19.6. The molecule has 1 spiro atoms. The van der Waals surface area contributed by atoms with Crippen molar-refractivity contribution in [3.8, 4) is 5.69 Å². The Bertz CT molecular complexity index is 1140. The molecule has 3 heterocycles. The molecule has 1 fully saturated rings. The number of hydrogen-bond acceptors (Lipinski definition) is 5. The number of carbonyl (C=O) groups excluding carboxylic acids is 2. The second kappa shape index (κ2) is 9.81. The van der Waals surface area contributed by atoms with Crippen molar-refractivity contribution in [1.82, 2.24) is 15.1 Å². The van der Waals surface area contributed by atoms with Crippen LogP contribution in [0.25, 0.3) is 5.69 Å². The zero-order chi connectivity index (χ0) is 25.4. The number of ether oxygens (including phenoxy) is 2. The first-order valence-corrected chi connectivity index (χ1v) is 12.0. The van der Waals surface area contributed by atoms with Crippen molar-refractivity contribution < 1.29 is 32.2 Å². The van der Waals surface area contributed by atoms with E-state index in [9.17, 15) is 22.8 Å². The smallest absolute Gasteiger partial charge is 0.419 e. The van der Waals surface area contributed by atoms with Crippen molar-refractivity contribution in [3.63, 3.8) is 0 Å². The molecule has 1 amide bonds. The van der Waals surface area contributed by atoms with Gasteiger partial charge in [0.2, 0.25) is 0 Å². The quantitative estimate of drug-likeness (QED) is 0.583. The van der Waals surface area contributed by atoms with Crippen LogP contribution in [0, 0.1) is 5.41 Å². The molecular formula is C24H27ClF3N3O4. The van der Waals surface area contributed by atoms with Crippen LogP contribution in [-0.2, 0) is 28.5 Å². The molecule has 0 saturated carbocycles. The Kier molecular flexibility index (Phi) is 7.15. The van der Waals surface area contributed by atoms with E-state index in [1.54, 1.807) is 13.8 Å². The summed E-state index contributed by atoms with van der Waals surface area (Å²) in [6.07, 6.45) is -2.49. The molecule has 2 aliphatic heterocycles. The van der Waals surface area contributed by atoms with E-state index in [1.165, 1.54) is 0 Å². The molecule has 1 aromatic carbocycles. The highest BCUT2D eigenvalue weighted by molar-refractivity contribution is 6.31. The number of benzene rings is 1. The molecule has 4 rings (SSSR count). The molecule has 190 valence electrons. The van der Waals surface area contributed by atoms with Crippen molar-refractivity contribution >= 4 is 23.5 Å². The third-order valence-electron chi connectivity index (χ3n) is 6.59. The summed E-state index contributed by atoms with van der Waals surface area (Å²) in [5, 5.41) is 7.31. The van der Waals surface area contributed by atoms with Crippen molar-refractivity contribution in [3.05, 3.63) is 45.2 Å². The summed E-state index contributed by atoms with van der Waals surface area (Å²) >= 11 is 6.21. The Morgan fingerprint density at radius 1 is 1.29 bits per heavy atom. The number of halogens is 4. The minimum Gasteiger partial charge on any atom is -0.462 e. The van der Waals surface area contributed by atoms with E-state index < -0.39 is 29.0 Å². The lowest BCUT2D eigenvalue weighted by Gasteiger charge is -2.36. The number of hydrogen-bond donors (Lipinski definition) is 1. The van der Waals surface area contributed by atoms with Gasteiger partial charge in [-0.3, -0.25) is 4.79 Å². The maximum absolute atomic E-state index is 14.4. The molecule has 2 aromatic rings. The number of fused-ring (bicyclic) bond motifs is 1. The van der Waals surface area contributed by atoms with Gasteiger partial charge in [0.05, 0.1) is 40.4 Å². The first kappa shape index (κ1) is 25.5. The van der Waals surface area contributed by atoms with E-state index >= 15 is 0 Å². The zero-order valence-corrected chi connectivity index (χ0v) is 20.3. The normalized spacial score (nSPS) is 17.6. The summed E-state index contributed by atoms with van der Waals surface area (Å²) in [5.41, 5.74) is -1.62. The van der Waals surface area contributed by atoms with Crippen LogP contribution in [0.4, 0.5) is 13.2 Å². The van der Waals surface area contributed by atoms with Crippen LogP contribution in [0.1, 0.15) is 70.8 Å². The number of alkyl halides is 3. The summed E-state index contributed by atoms with van der Waals surface area (Å²) < 4.78 is 55.0. The molecule has 0 unspecified atom stereocenters. The monoisotopic (exact) mass is 513 g/mol. The van der Waals surface area contributed by atoms with Gasteiger partial charge in [0.1, 0.15) is 0 Å². The average Bonchev–Trinajstić information content (AvgIpc) is 3.11. The van der Waals surface area contributed by atoms with Gasteiger partial charge in [-0.25, -0.2) is 9.48 Å². The highest BCUT2D eigenvalue weighted by atomic mass is 35.5. The van der Waals surface area contributed by atoms with Crippen LogP contribution in [0.5, 0.6) is 0 Å². The highest BCUT2D eigenvalue weighted by Crippen LogP contribution is 2.42. The van der Waals surface area contributed by atoms with Crippen LogP contribution >= 0.6 is 11.6 Å². The van der Waals surface area contributed by atoms with Crippen molar-refractivity contribution in [2.75, 3.05) is 26.4 Å². The van der Waals surface area contributed by atoms with E-state index in [0.717, 1.165) is 16.8 Å². The van der Waals surface area contributed by atoms with Gasteiger partial charge in [-0.1, -0.05) is 25.4 Å². The molecule has 35 heavy (non-hydrogen) atoms. The SMILES string of the molecule is CCCOC(=O)c1cc(Cl)cc(-n2nc(CC)c3c2CC2(CCOCC2)CNC3=O)c1C(F)(F)F. The minimum absolute atomic E-state index is 0.0279. The van der Waals surface area contributed by atoms with Gasteiger partial charge in [-0.2, -0.15) is 18.3 Å². The Morgan fingerprint density at radius 2 is 2.00 bits per heavy atom. The summed E-state index contributed by atoms with van der Waals surface area (Å²) in [6, 6.07) is 2.09. The van der Waals surface area contributed by atoms with Crippen molar-refractivity contribution in [1.29, 1.82) is 0 Å². The summed E-state index contributed by atoms with van der Waals surface area (Å²) in [4.78, 5) is 25.7. The second-order valence-corrected chi connectivity index (χ2v) is 9.42. The largest absolute Gasteiger partial charge is 0.462 e. The highest BCUT2D eigenvalue weighted by Gasteiger charge is 2.43. The molecule has 1 aromatic heterocycles. The predicted molar refractivity (Wildman–Crippen MR) is 122 cm³/mol. The topological polar surface area (TPSA) is 82.5 Å². The molecular weight excluding hydrogens is 487 g/mol. The lowest BCUT2D eigenvalue weighted by Crippen LogP contribution is -2.40. The fourth-order valence-corrected chi connectivity index (χ4v) is 5.01. The molecule has 1 saturated heterocycles. The average molecular weight is 514 g/mol. The third-order valence-corrected chi connectivity index (χ3v) is 6.80. The lowest BCUT2D eigenvalue weighted by molar-refractivity contribution is -0.138. The van der Waals surface area contributed by atoms with Crippen LogP contribution in [0.2, 0.25) is 5.02 Å². The van der Waals surface area contributed by atoms with E-state index in [1.807, 2.05) is 0 Å². The summed E-state index contributed by atoms with van der Waals surface area (Å²) in [7, 11) is 0. The van der Waals surface area contributed by atoms with Gasteiger partial charge in [-0.15, -0.1) is 0 Å². The van der Waals surface area contributed by atoms with Gasteiger partial charge < -0.3 is 14.8 Å². The number of esters is 1. The van der Waals surface area contributed by atoms with Gasteiger partial charge in [-0.05, 0) is 49.7 Å². The fraction of sp³-hybridized carbons (Fsp3) is 0.542. The number of nitrogens with one attached hydrogen (secondary N) is 1. The Balaban J connectivity index is 1.97. The van der Waals surface area contributed by atoms with Gasteiger partial charge in [0, 0.05) is 24.8 Å². The number of carbonyl (C=O) groups is 2. The predicted octanol–water partition coefficient (Wildman–Crippen LogP) is 4.76. The van der Waals surface area contributed by atoms with E-state index in [2.05, 4.69) is 10.4 Å². The lowest BCUT2D eigenvalue weighted by atomic mass is 9.76. The first-order valence-electron chi connectivity index (χ1n) is 11.6. The molecule has 2 aliphatic rings. The van der Waals surface area contributed by atoms with Crippen LogP contribution in [0.15, 0.2) is 12.1 Å².